The summed E-state index contributed by atoms with van der Waals surface area (Å²) in [5, 5.41) is 3.49. The van der Waals surface area contributed by atoms with E-state index in [1.165, 1.54) is 23.2 Å². The molecule has 1 heteroatoms. The van der Waals surface area contributed by atoms with Crippen molar-refractivity contribution in [2.75, 3.05) is 11.9 Å². The van der Waals surface area contributed by atoms with Crippen molar-refractivity contribution in [3.8, 4) is 0 Å². The lowest BCUT2D eigenvalue weighted by Gasteiger charge is -2.33. The first-order valence-corrected chi connectivity index (χ1v) is 5.51. The van der Waals surface area contributed by atoms with Gasteiger partial charge in [-0.1, -0.05) is 32.9 Å². The maximum Gasteiger partial charge on any atom is 0.0380 e. The van der Waals surface area contributed by atoms with Crippen molar-refractivity contribution in [2.24, 2.45) is 0 Å². The van der Waals surface area contributed by atoms with E-state index in [-0.39, 0.29) is 0 Å². The van der Waals surface area contributed by atoms with Gasteiger partial charge in [-0.25, -0.2) is 0 Å². The fourth-order valence-corrected chi connectivity index (χ4v) is 2.19. The van der Waals surface area contributed by atoms with Crippen LogP contribution in [0.25, 0.3) is 0 Å². The topological polar surface area (TPSA) is 12.0 Å². The molecular formula is C13H19N. The molecule has 1 heterocycles. The lowest BCUT2D eigenvalue weighted by molar-refractivity contribution is 0.482. The van der Waals surface area contributed by atoms with Gasteiger partial charge in [0.15, 0.2) is 0 Å². The van der Waals surface area contributed by atoms with Gasteiger partial charge in [-0.05, 0) is 35.4 Å². The van der Waals surface area contributed by atoms with Gasteiger partial charge in [0.25, 0.3) is 0 Å². The summed E-state index contributed by atoms with van der Waals surface area (Å²) < 4.78 is 0. The van der Waals surface area contributed by atoms with Crippen LogP contribution in [0.1, 0.15) is 38.3 Å². The van der Waals surface area contributed by atoms with Crippen molar-refractivity contribution in [2.45, 2.75) is 39.0 Å². The number of hydrogen-bond acceptors (Lipinski definition) is 1. The van der Waals surface area contributed by atoms with Crippen molar-refractivity contribution in [3.63, 3.8) is 0 Å². The summed E-state index contributed by atoms with van der Waals surface area (Å²) in [4.78, 5) is 0. The Morgan fingerprint density at radius 2 is 2.14 bits per heavy atom. The predicted molar refractivity (Wildman–Crippen MR) is 62.0 cm³/mol. The van der Waals surface area contributed by atoms with Crippen molar-refractivity contribution in [1.29, 1.82) is 0 Å². The van der Waals surface area contributed by atoms with E-state index in [9.17, 15) is 0 Å². The second-order valence-electron chi connectivity index (χ2n) is 4.79. The van der Waals surface area contributed by atoms with Crippen LogP contribution < -0.4 is 5.32 Å². The highest BCUT2D eigenvalue weighted by molar-refractivity contribution is 5.58. The van der Waals surface area contributed by atoms with Gasteiger partial charge in [0.05, 0.1) is 0 Å². The quantitative estimate of drug-likeness (QED) is 0.714. The molecule has 0 fully saturated rings. The standard InChI is InChI=1S/C13H19N/c1-4-10-5-6-11-12(9-10)14-8-7-13(11,2)3/h5-6,9,14H,4,7-8H2,1-3H3. The summed E-state index contributed by atoms with van der Waals surface area (Å²) in [5.74, 6) is 0. The van der Waals surface area contributed by atoms with Crippen molar-refractivity contribution in [1.82, 2.24) is 0 Å². The molecule has 1 aromatic carbocycles. The lowest BCUT2D eigenvalue weighted by atomic mass is 9.78. The monoisotopic (exact) mass is 189 g/mol. The maximum absolute atomic E-state index is 3.49. The maximum atomic E-state index is 3.49. The average molecular weight is 189 g/mol. The van der Waals surface area contributed by atoms with Crippen LogP contribution in [0.3, 0.4) is 0 Å². The third-order valence-corrected chi connectivity index (χ3v) is 3.29. The molecule has 1 aliphatic heterocycles. The van der Waals surface area contributed by atoms with E-state index in [0.717, 1.165) is 13.0 Å². The van der Waals surface area contributed by atoms with E-state index in [2.05, 4.69) is 44.3 Å². The molecule has 76 valence electrons. The van der Waals surface area contributed by atoms with Crippen molar-refractivity contribution >= 4 is 5.69 Å². The predicted octanol–water partition coefficient (Wildman–Crippen LogP) is 3.34. The molecule has 0 unspecified atom stereocenters. The summed E-state index contributed by atoms with van der Waals surface area (Å²) in [7, 11) is 0. The Bertz CT molecular complexity index is 339. The van der Waals surface area contributed by atoms with Crippen molar-refractivity contribution in [3.05, 3.63) is 29.3 Å². The summed E-state index contributed by atoms with van der Waals surface area (Å²) in [6, 6.07) is 6.85. The molecule has 1 aromatic rings. The Morgan fingerprint density at radius 1 is 1.36 bits per heavy atom. The van der Waals surface area contributed by atoms with E-state index in [0.29, 0.717) is 5.41 Å². The Balaban J connectivity index is 2.46. The zero-order valence-corrected chi connectivity index (χ0v) is 9.35. The van der Waals surface area contributed by atoms with Gasteiger partial charge in [-0.15, -0.1) is 0 Å². The second-order valence-corrected chi connectivity index (χ2v) is 4.79. The van der Waals surface area contributed by atoms with Crippen molar-refractivity contribution < 1.29 is 0 Å². The van der Waals surface area contributed by atoms with Crippen LogP contribution in [-0.4, -0.2) is 6.54 Å². The molecule has 0 saturated carbocycles. The van der Waals surface area contributed by atoms with Crippen LogP contribution in [0, 0.1) is 0 Å². The second kappa shape index (κ2) is 3.30. The molecule has 0 radical (unpaired) electrons. The largest absolute Gasteiger partial charge is 0.385 e. The number of aryl methyl sites for hydroxylation is 1. The SMILES string of the molecule is CCc1ccc2c(c1)NCCC2(C)C. The molecule has 0 aliphatic carbocycles. The zero-order chi connectivity index (χ0) is 10.2. The minimum absolute atomic E-state index is 0.340. The average Bonchev–Trinajstić information content (AvgIpc) is 2.16. The van der Waals surface area contributed by atoms with Crippen LogP contribution >= 0.6 is 0 Å². The molecule has 0 saturated heterocycles. The molecule has 0 spiro atoms. The van der Waals surface area contributed by atoms with E-state index in [1.807, 2.05) is 0 Å². The first-order chi connectivity index (χ1) is 6.63. The first kappa shape index (κ1) is 9.57. The Kier molecular flexibility index (Phi) is 2.26. The minimum atomic E-state index is 0.340. The molecule has 1 N–H and O–H groups in total. The van der Waals surface area contributed by atoms with E-state index in [4.69, 9.17) is 0 Å². The highest BCUT2D eigenvalue weighted by Crippen LogP contribution is 2.36. The molecule has 2 rings (SSSR count). The zero-order valence-electron chi connectivity index (χ0n) is 9.35. The van der Waals surface area contributed by atoms with Gasteiger partial charge in [-0.3, -0.25) is 0 Å². The highest BCUT2D eigenvalue weighted by atomic mass is 14.9. The summed E-state index contributed by atoms with van der Waals surface area (Å²) in [6.07, 6.45) is 2.35. The first-order valence-electron chi connectivity index (χ1n) is 5.51. The normalized spacial score (nSPS) is 18.5. The Morgan fingerprint density at radius 3 is 2.86 bits per heavy atom. The molecule has 0 bridgehead atoms. The summed E-state index contributed by atoms with van der Waals surface area (Å²) in [6.45, 7) is 7.97. The molecular weight excluding hydrogens is 170 g/mol. The minimum Gasteiger partial charge on any atom is -0.385 e. The molecule has 1 aliphatic rings. The fourth-order valence-electron chi connectivity index (χ4n) is 2.19. The number of nitrogens with one attached hydrogen (secondary N) is 1. The van der Waals surface area contributed by atoms with Crippen LogP contribution in [0.15, 0.2) is 18.2 Å². The van der Waals surface area contributed by atoms with Gasteiger partial charge in [-0.2, -0.15) is 0 Å². The smallest absolute Gasteiger partial charge is 0.0380 e. The number of hydrogen-bond donors (Lipinski definition) is 1. The molecule has 0 amide bonds. The summed E-state index contributed by atoms with van der Waals surface area (Å²) in [5.41, 5.74) is 4.59. The van der Waals surface area contributed by atoms with Gasteiger partial charge in [0, 0.05) is 12.2 Å². The molecule has 0 atom stereocenters. The third kappa shape index (κ3) is 1.52. The van der Waals surface area contributed by atoms with E-state index >= 15 is 0 Å². The Hall–Kier alpha value is -0.980. The Labute approximate surface area is 86.5 Å². The number of anilines is 1. The van der Waals surface area contributed by atoms with E-state index in [1.54, 1.807) is 0 Å². The van der Waals surface area contributed by atoms with Crippen LogP contribution in [-0.2, 0) is 11.8 Å². The van der Waals surface area contributed by atoms with Gasteiger partial charge < -0.3 is 5.32 Å². The summed E-state index contributed by atoms with van der Waals surface area (Å²) >= 11 is 0. The molecule has 0 aromatic heterocycles. The number of benzene rings is 1. The van der Waals surface area contributed by atoms with Crippen LogP contribution in [0.5, 0.6) is 0 Å². The third-order valence-electron chi connectivity index (χ3n) is 3.29. The molecule has 1 nitrogen and oxygen atoms in total. The molecule has 14 heavy (non-hydrogen) atoms. The highest BCUT2D eigenvalue weighted by Gasteiger charge is 2.26. The number of rotatable bonds is 1. The van der Waals surface area contributed by atoms with E-state index < -0.39 is 0 Å². The van der Waals surface area contributed by atoms with Crippen LogP contribution in [0.2, 0.25) is 0 Å². The van der Waals surface area contributed by atoms with Gasteiger partial charge in [0.1, 0.15) is 0 Å². The van der Waals surface area contributed by atoms with Crippen LogP contribution in [0.4, 0.5) is 5.69 Å². The van der Waals surface area contributed by atoms with Gasteiger partial charge >= 0.3 is 0 Å². The van der Waals surface area contributed by atoms with Gasteiger partial charge in [0.2, 0.25) is 0 Å². The fraction of sp³-hybridized carbons (Fsp3) is 0.538. The lowest BCUT2D eigenvalue weighted by Crippen LogP contribution is -2.28. The number of fused-ring (bicyclic) bond motifs is 1.